The summed E-state index contributed by atoms with van der Waals surface area (Å²) in [5.74, 6) is 0.604. The van der Waals surface area contributed by atoms with Crippen LogP contribution in [0.5, 0.6) is 0 Å². The van der Waals surface area contributed by atoms with Gasteiger partial charge in [-0.1, -0.05) is 19.9 Å². The van der Waals surface area contributed by atoms with Crippen molar-refractivity contribution in [2.75, 3.05) is 10.7 Å². The van der Waals surface area contributed by atoms with Crippen molar-refractivity contribution >= 4 is 34.0 Å². The SMILES string of the molecule is CC(C)C(=O)Nc1cncc(-c2ccc3c(c2)CC(c2nc4ccncc4[nH]2)=NN3)c1. The number of nitrogens with one attached hydrogen (secondary N) is 3. The monoisotopic (exact) mass is 411 g/mol. The molecule has 5 rings (SSSR count). The van der Waals surface area contributed by atoms with E-state index in [1.807, 2.05) is 38.1 Å². The van der Waals surface area contributed by atoms with Crippen LogP contribution in [0.25, 0.3) is 22.2 Å². The van der Waals surface area contributed by atoms with Crippen molar-refractivity contribution < 1.29 is 4.79 Å². The number of hydrogen-bond donors (Lipinski definition) is 3. The van der Waals surface area contributed by atoms with Crippen molar-refractivity contribution in [2.45, 2.75) is 20.3 Å². The fraction of sp³-hybridized carbons (Fsp3) is 0.174. The molecular weight excluding hydrogens is 390 g/mol. The van der Waals surface area contributed by atoms with Gasteiger partial charge in [-0.05, 0) is 35.4 Å². The van der Waals surface area contributed by atoms with Gasteiger partial charge in [0.15, 0.2) is 5.82 Å². The highest BCUT2D eigenvalue weighted by Gasteiger charge is 2.18. The molecule has 154 valence electrons. The molecule has 0 unspecified atom stereocenters. The number of carbonyl (C=O) groups is 1. The van der Waals surface area contributed by atoms with Crippen LogP contribution in [0.2, 0.25) is 0 Å². The first-order chi connectivity index (χ1) is 15.1. The van der Waals surface area contributed by atoms with E-state index in [1.165, 1.54) is 0 Å². The van der Waals surface area contributed by atoms with E-state index in [2.05, 4.69) is 41.8 Å². The second kappa shape index (κ2) is 7.64. The van der Waals surface area contributed by atoms with E-state index in [1.54, 1.807) is 24.8 Å². The number of hydrogen-bond acceptors (Lipinski definition) is 6. The van der Waals surface area contributed by atoms with Gasteiger partial charge in [0.1, 0.15) is 5.71 Å². The molecule has 0 saturated heterocycles. The Morgan fingerprint density at radius 2 is 1.97 bits per heavy atom. The second-order valence-electron chi connectivity index (χ2n) is 7.80. The number of pyridine rings is 2. The van der Waals surface area contributed by atoms with E-state index >= 15 is 0 Å². The van der Waals surface area contributed by atoms with Crippen LogP contribution in [0.1, 0.15) is 25.2 Å². The summed E-state index contributed by atoms with van der Waals surface area (Å²) in [7, 11) is 0. The van der Waals surface area contributed by atoms with Gasteiger partial charge in [-0.2, -0.15) is 5.10 Å². The summed E-state index contributed by atoms with van der Waals surface area (Å²) in [4.78, 5) is 28.3. The number of fused-ring (bicyclic) bond motifs is 2. The lowest BCUT2D eigenvalue weighted by Crippen LogP contribution is -2.17. The maximum atomic E-state index is 12.0. The van der Waals surface area contributed by atoms with Gasteiger partial charge in [-0.15, -0.1) is 0 Å². The van der Waals surface area contributed by atoms with Crippen molar-refractivity contribution in [2.24, 2.45) is 11.0 Å². The van der Waals surface area contributed by atoms with Gasteiger partial charge in [0.2, 0.25) is 5.91 Å². The fourth-order valence-electron chi connectivity index (χ4n) is 3.46. The molecule has 3 N–H and O–H groups in total. The molecule has 0 bridgehead atoms. The third-order valence-electron chi connectivity index (χ3n) is 5.19. The molecule has 0 atom stereocenters. The minimum absolute atomic E-state index is 0.0320. The maximum absolute atomic E-state index is 12.0. The minimum atomic E-state index is -0.0924. The summed E-state index contributed by atoms with van der Waals surface area (Å²) >= 11 is 0. The fourth-order valence-corrected chi connectivity index (χ4v) is 3.46. The van der Waals surface area contributed by atoms with E-state index in [0.717, 1.165) is 44.9 Å². The standard InChI is InChI=1S/C23H21N7O/c1-13(2)23(31)26-17-8-16(10-25-11-17)14-3-4-18-15(7-14)9-20(30-29-18)22-27-19-5-6-24-12-21(19)28-22/h3-8,10-13,29H,9H2,1-2H3,(H,26,31)(H,27,28). The highest BCUT2D eigenvalue weighted by Crippen LogP contribution is 2.29. The largest absolute Gasteiger partial charge is 0.336 e. The number of amides is 1. The number of benzene rings is 1. The first-order valence-electron chi connectivity index (χ1n) is 10.1. The van der Waals surface area contributed by atoms with Gasteiger partial charge in [0, 0.05) is 30.3 Å². The molecule has 4 heterocycles. The summed E-state index contributed by atoms with van der Waals surface area (Å²) in [5.41, 5.74) is 10.4. The van der Waals surface area contributed by atoms with E-state index < -0.39 is 0 Å². The first kappa shape index (κ1) is 18.9. The van der Waals surface area contributed by atoms with Crippen molar-refractivity contribution in [3.05, 3.63) is 66.5 Å². The molecular formula is C23H21N7O. The van der Waals surface area contributed by atoms with Crippen LogP contribution in [0.15, 0.2) is 60.2 Å². The zero-order valence-electron chi connectivity index (χ0n) is 17.2. The van der Waals surface area contributed by atoms with Crippen LogP contribution in [0.3, 0.4) is 0 Å². The summed E-state index contributed by atoms with van der Waals surface area (Å²) in [6, 6.07) is 9.95. The van der Waals surface area contributed by atoms with Crippen molar-refractivity contribution in [3.8, 4) is 11.1 Å². The molecule has 1 aromatic carbocycles. The van der Waals surface area contributed by atoms with Crippen molar-refractivity contribution in [1.29, 1.82) is 0 Å². The maximum Gasteiger partial charge on any atom is 0.226 e. The van der Waals surface area contributed by atoms with Gasteiger partial charge in [0.05, 0.1) is 34.8 Å². The number of rotatable bonds is 4. The number of aromatic nitrogens is 4. The predicted octanol–water partition coefficient (Wildman–Crippen LogP) is 3.99. The average molecular weight is 411 g/mol. The molecule has 1 aliphatic rings. The highest BCUT2D eigenvalue weighted by atomic mass is 16.1. The number of imidazole rings is 1. The van der Waals surface area contributed by atoms with Crippen LogP contribution < -0.4 is 10.7 Å². The van der Waals surface area contributed by atoms with E-state index in [-0.39, 0.29) is 11.8 Å². The Kier molecular flexibility index (Phi) is 4.66. The van der Waals surface area contributed by atoms with Crippen LogP contribution in [-0.2, 0) is 11.2 Å². The van der Waals surface area contributed by atoms with Crippen LogP contribution in [0, 0.1) is 5.92 Å². The normalized spacial score (nSPS) is 12.9. The molecule has 0 aliphatic carbocycles. The Balaban J connectivity index is 1.42. The lowest BCUT2D eigenvalue weighted by Gasteiger charge is -2.17. The lowest BCUT2D eigenvalue weighted by molar-refractivity contribution is -0.118. The molecule has 0 saturated carbocycles. The summed E-state index contributed by atoms with van der Waals surface area (Å²) in [6.45, 7) is 3.72. The third kappa shape index (κ3) is 3.75. The van der Waals surface area contributed by atoms with Crippen LogP contribution >= 0.6 is 0 Å². The Bertz CT molecular complexity index is 1290. The smallest absolute Gasteiger partial charge is 0.226 e. The summed E-state index contributed by atoms with van der Waals surface area (Å²) < 4.78 is 0. The van der Waals surface area contributed by atoms with E-state index in [9.17, 15) is 4.79 Å². The third-order valence-corrected chi connectivity index (χ3v) is 5.19. The molecule has 1 amide bonds. The number of carbonyl (C=O) groups excluding carboxylic acids is 1. The average Bonchev–Trinajstić information content (AvgIpc) is 3.23. The Morgan fingerprint density at radius 3 is 2.81 bits per heavy atom. The van der Waals surface area contributed by atoms with E-state index in [4.69, 9.17) is 0 Å². The predicted molar refractivity (Wildman–Crippen MR) is 121 cm³/mol. The molecule has 0 radical (unpaired) electrons. The molecule has 31 heavy (non-hydrogen) atoms. The van der Waals surface area contributed by atoms with Crippen LogP contribution in [0.4, 0.5) is 11.4 Å². The zero-order chi connectivity index (χ0) is 21.4. The van der Waals surface area contributed by atoms with Crippen LogP contribution in [-0.4, -0.2) is 31.6 Å². The molecule has 1 aliphatic heterocycles. The van der Waals surface area contributed by atoms with Gasteiger partial charge in [0.25, 0.3) is 0 Å². The van der Waals surface area contributed by atoms with Crippen molar-refractivity contribution in [3.63, 3.8) is 0 Å². The van der Waals surface area contributed by atoms with Crippen molar-refractivity contribution in [1.82, 2.24) is 19.9 Å². The van der Waals surface area contributed by atoms with Gasteiger partial charge in [-0.3, -0.25) is 20.2 Å². The topological polar surface area (TPSA) is 108 Å². The Labute approximate surface area is 178 Å². The molecule has 0 fully saturated rings. The molecule has 0 spiro atoms. The molecule has 4 aromatic rings. The quantitative estimate of drug-likeness (QED) is 0.471. The number of H-pyrrole nitrogens is 1. The second-order valence-corrected chi connectivity index (χ2v) is 7.80. The zero-order valence-corrected chi connectivity index (χ0v) is 17.2. The number of aromatic amines is 1. The first-order valence-corrected chi connectivity index (χ1v) is 10.1. The minimum Gasteiger partial charge on any atom is -0.336 e. The summed E-state index contributed by atoms with van der Waals surface area (Å²) in [5, 5.41) is 7.40. The van der Waals surface area contributed by atoms with E-state index in [0.29, 0.717) is 12.1 Å². The number of hydrazone groups is 1. The summed E-state index contributed by atoms with van der Waals surface area (Å²) in [6.07, 6.45) is 7.57. The lowest BCUT2D eigenvalue weighted by atomic mass is 9.98. The van der Waals surface area contributed by atoms with Gasteiger partial charge in [-0.25, -0.2) is 4.98 Å². The molecule has 8 heteroatoms. The highest BCUT2D eigenvalue weighted by molar-refractivity contribution is 6.03. The molecule has 3 aromatic heterocycles. The number of anilines is 2. The Morgan fingerprint density at radius 1 is 1.06 bits per heavy atom. The van der Waals surface area contributed by atoms with Gasteiger partial charge >= 0.3 is 0 Å². The number of nitrogens with zero attached hydrogens (tertiary/aromatic N) is 4. The molecule has 8 nitrogen and oxygen atoms in total. The Hall–Kier alpha value is -4.07. The van der Waals surface area contributed by atoms with Gasteiger partial charge < -0.3 is 10.3 Å².